The molecule has 5 rings (SSSR count). The molecule has 0 unspecified atom stereocenters. The van der Waals surface area contributed by atoms with Gasteiger partial charge in [0.25, 0.3) is 0 Å². The number of benzene rings is 1. The van der Waals surface area contributed by atoms with Gasteiger partial charge in [-0.05, 0) is 54.1 Å². The van der Waals surface area contributed by atoms with Crippen molar-refractivity contribution in [1.82, 2.24) is 24.1 Å². The number of fused-ring (bicyclic) bond motifs is 1. The minimum Gasteiger partial charge on any atom is -0.300 e. The molecule has 136 valence electrons. The van der Waals surface area contributed by atoms with Crippen LogP contribution in [0.15, 0.2) is 79.5 Å². The van der Waals surface area contributed by atoms with E-state index in [1.165, 1.54) is 12.1 Å². The van der Waals surface area contributed by atoms with Crippen molar-refractivity contribution in [1.29, 1.82) is 0 Å². The summed E-state index contributed by atoms with van der Waals surface area (Å²) in [5, 5.41) is 4.23. The molecule has 0 saturated heterocycles. The van der Waals surface area contributed by atoms with Gasteiger partial charge in [0.1, 0.15) is 11.5 Å². The second kappa shape index (κ2) is 6.42. The first-order valence-corrected chi connectivity index (χ1v) is 8.86. The number of imidazole rings is 1. The van der Waals surface area contributed by atoms with Gasteiger partial charge in [-0.2, -0.15) is 5.10 Å². The largest absolute Gasteiger partial charge is 0.300 e. The predicted octanol–water partition coefficient (Wildman–Crippen LogP) is 4.60. The van der Waals surface area contributed by atoms with Crippen molar-refractivity contribution in [3.63, 3.8) is 0 Å². The molecule has 0 spiro atoms. The summed E-state index contributed by atoms with van der Waals surface area (Å²) in [6, 6.07) is 14.4. The Morgan fingerprint density at radius 3 is 2.46 bits per heavy atom. The molecule has 0 fully saturated rings. The molecule has 5 nitrogen and oxygen atoms in total. The number of hydrogen-bond acceptors (Lipinski definition) is 3. The van der Waals surface area contributed by atoms with E-state index in [2.05, 4.69) is 21.1 Å². The van der Waals surface area contributed by atoms with Crippen molar-refractivity contribution in [2.45, 2.75) is 0 Å². The van der Waals surface area contributed by atoms with E-state index < -0.39 is 0 Å². The highest BCUT2D eigenvalue weighted by atomic mass is 19.1. The van der Waals surface area contributed by atoms with Gasteiger partial charge in [-0.3, -0.25) is 14.1 Å². The molecule has 4 heterocycles. The van der Waals surface area contributed by atoms with Crippen molar-refractivity contribution in [3.05, 3.63) is 85.3 Å². The lowest BCUT2D eigenvalue weighted by molar-refractivity contribution is 0.628. The van der Waals surface area contributed by atoms with Crippen molar-refractivity contribution in [2.24, 2.45) is 7.05 Å². The Hall–Kier alpha value is -3.80. The van der Waals surface area contributed by atoms with Crippen molar-refractivity contribution in [3.8, 4) is 33.6 Å². The van der Waals surface area contributed by atoms with E-state index in [1.54, 1.807) is 23.0 Å². The summed E-state index contributed by atoms with van der Waals surface area (Å²) < 4.78 is 17.0. The number of halogens is 1. The highest BCUT2D eigenvalue weighted by Crippen LogP contribution is 2.27. The van der Waals surface area contributed by atoms with Crippen LogP contribution in [0.25, 0.3) is 39.3 Å². The predicted molar refractivity (Wildman–Crippen MR) is 106 cm³/mol. The van der Waals surface area contributed by atoms with Gasteiger partial charge in [-0.15, -0.1) is 0 Å². The third kappa shape index (κ3) is 2.85. The molecule has 0 radical (unpaired) electrons. The summed E-state index contributed by atoms with van der Waals surface area (Å²) >= 11 is 0. The molecule has 0 aliphatic heterocycles. The van der Waals surface area contributed by atoms with E-state index in [0.29, 0.717) is 0 Å². The van der Waals surface area contributed by atoms with Crippen LogP contribution >= 0.6 is 0 Å². The highest BCUT2D eigenvalue weighted by molar-refractivity contribution is 5.72. The van der Waals surface area contributed by atoms with Gasteiger partial charge >= 0.3 is 0 Å². The summed E-state index contributed by atoms with van der Waals surface area (Å²) in [6.07, 6.45) is 9.45. The number of rotatable bonds is 3. The lowest BCUT2D eigenvalue weighted by Crippen LogP contribution is -1.91. The van der Waals surface area contributed by atoms with E-state index in [1.807, 2.05) is 54.4 Å². The van der Waals surface area contributed by atoms with Crippen LogP contribution in [0, 0.1) is 5.82 Å². The van der Waals surface area contributed by atoms with Gasteiger partial charge in [0, 0.05) is 42.3 Å². The number of aromatic nitrogens is 5. The van der Waals surface area contributed by atoms with E-state index in [0.717, 1.165) is 39.3 Å². The van der Waals surface area contributed by atoms with Crippen molar-refractivity contribution >= 4 is 5.65 Å². The third-order valence-corrected chi connectivity index (χ3v) is 4.75. The average molecular weight is 369 g/mol. The fourth-order valence-electron chi connectivity index (χ4n) is 3.31. The van der Waals surface area contributed by atoms with E-state index in [4.69, 9.17) is 0 Å². The molecule has 6 heteroatoms. The molecule has 5 aromatic rings. The molecule has 4 aromatic heterocycles. The molecular formula is C22H16FN5. The number of aryl methyl sites for hydroxylation is 1. The van der Waals surface area contributed by atoms with Gasteiger partial charge in [0.05, 0.1) is 23.8 Å². The van der Waals surface area contributed by atoms with Crippen LogP contribution in [0.4, 0.5) is 4.39 Å². The first kappa shape index (κ1) is 16.4. The summed E-state index contributed by atoms with van der Waals surface area (Å²) in [5.74, 6) is -0.258. The zero-order valence-electron chi connectivity index (χ0n) is 15.1. The first-order chi connectivity index (χ1) is 13.7. The Morgan fingerprint density at radius 1 is 0.821 bits per heavy atom. The lowest BCUT2D eigenvalue weighted by Gasteiger charge is -2.06. The van der Waals surface area contributed by atoms with Gasteiger partial charge in [-0.25, -0.2) is 9.37 Å². The summed E-state index contributed by atoms with van der Waals surface area (Å²) in [6.45, 7) is 0. The molecule has 1 aromatic carbocycles. The molecule has 0 aliphatic carbocycles. The highest BCUT2D eigenvalue weighted by Gasteiger charge is 2.10. The van der Waals surface area contributed by atoms with Gasteiger partial charge in [0.15, 0.2) is 0 Å². The fourth-order valence-corrected chi connectivity index (χ4v) is 3.31. The van der Waals surface area contributed by atoms with Gasteiger partial charge < -0.3 is 0 Å². The maximum Gasteiger partial charge on any atom is 0.137 e. The normalized spacial score (nSPS) is 11.2. The van der Waals surface area contributed by atoms with Crippen LogP contribution in [0.1, 0.15) is 0 Å². The zero-order chi connectivity index (χ0) is 19.1. The second-order valence-corrected chi connectivity index (χ2v) is 6.63. The number of nitrogens with zero attached hydrogens (tertiary/aromatic N) is 5. The van der Waals surface area contributed by atoms with E-state index in [9.17, 15) is 4.39 Å². The summed E-state index contributed by atoms with van der Waals surface area (Å²) in [4.78, 5) is 8.99. The summed E-state index contributed by atoms with van der Waals surface area (Å²) in [7, 11) is 1.90. The second-order valence-electron chi connectivity index (χ2n) is 6.63. The molecule has 0 aliphatic rings. The Bertz CT molecular complexity index is 1280. The van der Waals surface area contributed by atoms with Crippen LogP contribution in [-0.2, 0) is 7.05 Å². The minimum absolute atomic E-state index is 0.258. The monoisotopic (exact) mass is 369 g/mol. The quantitative estimate of drug-likeness (QED) is 0.467. The van der Waals surface area contributed by atoms with Gasteiger partial charge in [0.2, 0.25) is 0 Å². The van der Waals surface area contributed by atoms with Crippen molar-refractivity contribution < 1.29 is 4.39 Å². The Labute approximate surface area is 160 Å². The number of hydrogen-bond donors (Lipinski definition) is 0. The van der Waals surface area contributed by atoms with Crippen LogP contribution in [-0.4, -0.2) is 24.1 Å². The molecular weight excluding hydrogens is 353 g/mol. The van der Waals surface area contributed by atoms with Crippen LogP contribution < -0.4 is 0 Å². The molecule has 0 bridgehead atoms. The molecule has 0 amide bonds. The van der Waals surface area contributed by atoms with Gasteiger partial charge in [-0.1, -0.05) is 0 Å². The average Bonchev–Trinajstić information content (AvgIpc) is 3.34. The topological polar surface area (TPSA) is 48.0 Å². The SMILES string of the molecule is Cn1cc(-c2ccn3c(-c4ccnc(-c5ccc(F)cc5)c4)cnc3c2)cn1. The molecule has 0 N–H and O–H groups in total. The van der Waals surface area contributed by atoms with Crippen LogP contribution in [0.3, 0.4) is 0 Å². The van der Waals surface area contributed by atoms with Crippen molar-refractivity contribution in [2.75, 3.05) is 0 Å². The Balaban J connectivity index is 1.56. The molecule has 0 saturated carbocycles. The fraction of sp³-hybridized carbons (Fsp3) is 0.0455. The maximum absolute atomic E-state index is 13.2. The zero-order valence-corrected chi connectivity index (χ0v) is 15.1. The Morgan fingerprint density at radius 2 is 1.68 bits per heavy atom. The third-order valence-electron chi connectivity index (χ3n) is 4.75. The van der Waals surface area contributed by atoms with E-state index >= 15 is 0 Å². The van der Waals surface area contributed by atoms with E-state index in [-0.39, 0.29) is 5.82 Å². The Kier molecular flexibility index (Phi) is 3.76. The van der Waals surface area contributed by atoms with Crippen LogP contribution in [0.2, 0.25) is 0 Å². The van der Waals surface area contributed by atoms with Crippen LogP contribution in [0.5, 0.6) is 0 Å². The number of pyridine rings is 2. The smallest absolute Gasteiger partial charge is 0.137 e. The summed E-state index contributed by atoms with van der Waals surface area (Å²) in [5.41, 5.74) is 6.61. The lowest BCUT2D eigenvalue weighted by atomic mass is 10.1. The first-order valence-electron chi connectivity index (χ1n) is 8.86. The molecule has 28 heavy (non-hydrogen) atoms. The standard InChI is InChI=1S/C22H16FN5/c1-27-14-18(12-26-27)16-7-9-28-21(13-25-22(28)11-16)17-6-8-24-20(10-17)15-2-4-19(23)5-3-15/h2-14H,1H3. The maximum atomic E-state index is 13.2. The molecule has 0 atom stereocenters. The minimum atomic E-state index is -0.258.